The van der Waals surface area contributed by atoms with Gasteiger partial charge in [-0.15, -0.1) is 0 Å². The van der Waals surface area contributed by atoms with E-state index in [9.17, 15) is 4.79 Å². The minimum absolute atomic E-state index is 0.00903. The number of rotatable bonds is 5. The van der Waals surface area contributed by atoms with Crippen molar-refractivity contribution in [1.29, 1.82) is 0 Å². The van der Waals surface area contributed by atoms with Gasteiger partial charge in [0.1, 0.15) is 18.2 Å². The molecule has 0 radical (unpaired) electrons. The van der Waals surface area contributed by atoms with Crippen LogP contribution in [0, 0.1) is 0 Å². The lowest BCUT2D eigenvalue weighted by Gasteiger charge is -2.35. The number of hydrogen-bond donors (Lipinski definition) is 2. The SMILES string of the molecule is CC(C)N1CCC(NC(=O)[C@H](C)Nc2ncnc3ccc(Br)cc23)CC1. The van der Waals surface area contributed by atoms with Gasteiger partial charge in [-0.05, 0) is 51.8 Å². The number of aromatic nitrogens is 2. The van der Waals surface area contributed by atoms with Crippen LogP contribution in [0.3, 0.4) is 0 Å². The highest BCUT2D eigenvalue weighted by molar-refractivity contribution is 9.10. The largest absolute Gasteiger partial charge is 0.358 e. The zero-order chi connectivity index (χ0) is 18.7. The number of hydrogen-bond acceptors (Lipinski definition) is 5. The average Bonchev–Trinajstić information content (AvgIpc) is 2.62. The van der Waals surface area contributed by atoms with Crippen LogP contribution in [0.4, 0.5) is 5.82 Å². The van der Waals surface area contributed by atoms with Gasteiger partial charge < -0.3 is 15.5 Å². The van der Waals surface area contributed by atoms with Crippen LogP contribution in [-0.2, 0) is 4.79 Å². The molecule has 1 atom stereocenters. The number of halogens is 1. The Morgan fingerprint density at radius 2 is 1.96 bits per heavy atom. The van der Waals surface area contributed by atoms with Crippen molar-refractivity contribution in [2.45, 2.75) is 51.7 Å². The van der Waals surface area contributed by atoms with Gasteiger partial charge in [0.25, 0.3) is 0 Å². The highest BCUT2D eigenvalue weighted by atomic mass is 79.9. The van der Waals surface area contributed by atoms with E-state index in [4.69, 9.17) is 0 Å². The molecule has 26 heavy (non-hydrogen) atoms. The number of amides is 1. The summed E-state index contributed by atoms with van der Waals surface area (Å²) in [4.78, 5) is 23.6. The summed E-state index contributed by atoms with van der Waals surface area (Å²) < 4.78 is 0.955. The van der Waals surface area contributed by atoms with E-state index in [0.717, 1.165) is 41.3 Å². The summed E-state index contributed by atoms with van der Waals surface area (Å²) in [6, 6.07) is 6.29. The Kier molecular flexibility index (Phi) is 6.09. The second kappa shape index (κ2) is 8.31. The summed E-state index contributed by atoms with van der Waals surface area (Å²) in [5, 5.41) is 7.31. The second-order valence-corrected chi connectivity index (χ2v) is 8.08. The standard InChI is InChI=1S/C19H26BrN5O/c1-12(2)25-8-6-15(7-9-25)24-19(26)13(3)23-18-16-10-14(20)4-5-17(16)21-11-22-18/h4-5,10-13,15H,6-9H2,1-3H3,(H,24,26)(H,21,22,23)/t13-/m0/s1. The molecule has 2 N–H and O–H groups in total. The highest BCUT2D eigenvalue weighted by Crippen LogP contribution is 2.23. The summed E-state index contributed by atoms with van der Waals surface area (Å²) in [5.74, 6) is 0.684. The zero-order valence-corrected chi connectivity index (χ0v) is 17.1. The van der Waals surface area contributed by atoms with Gasteiger partial charge in [0.2, 0.25) is 5.91 Å². The molecule has 1 aliphatic rings. The molecule has 7 heteroatoms. The van der Waals surface area contributed by atoms with E-state index in [0.29, 0.717) is 11.9 Å². The van der Waals surface area contributed by atoms with Crippen molar-refractivity contribution in [1.82, 2.24) is 20.2 Å². The number of carbonyl (C=O) groups excluding carboxylic acids is 1. The smallest absolute Gasteiger partial charge is 0.242 e. The molecule has 0 unspecified atom stereocenters. The fourth-order valence-corrected chi connectivity index (χ4v) is 3.66. The Bertz CT molecular complexity index is 774. The minimum atomic E-state index is -0.366. The molecule has 6 nitrogen and oxygen atoms in total. The van der Waals surface area contributed by atoms with Gasteiger partial charge in [-0.1, -0.05) is 15.9 Å². The van der Waals surface area contributed by atoms with Crippen LogP contribution in [0.1, 0.15) is 33.6 Å². The van der Waals surface area contributed by atoms with Crippen LogP contribution < -0.4 is 10.6 Å². The fraction of sp³-hybridized carbons (Fsp3) is 0.526. The molecule has 1 amide bonds. The monoisotopic (exact) mass is 419 g/mol. The Labute approximate surface area is 162 Å². The van der Waals surface area contributed by atoms with E-state index in [1.165, 1.54) is 6.33 Å². The number of nitrogens with zero attached hydrogens (tertiary/aromatic N) is 3. The summed E-state index contributed by atoms with van der Waals surface area (Å²) in [7, 11) is 0. The Morgan fingerprint density at radius 1 is 1.23 bits per heavy atom. The Hall–Kier alpha value is -1.73. The lowest BCUT2D eigenvalue weighted by Crippen LogP contribution is -2.49. The predicted octanol–water partition coefficient (Wildman–Crippen LogP) is 3.18. The summed E-state index contributed by atoms with van der Waals surface area (Å²) >= 11 is 3.48. The van der Waals surface area contributed by atoms with Gasteiger partial charge in [-0.3, -0.25) is 4.79 Å². The number of fused-ring (bicyclic) bond motifs is 1. The number of likely N-dealkylation sites (tertiary alicyclic amines) is 1. The van der Waals surface area contributed by atoms with E-state index in [2.05, 4.69) is 55.3 Å². The molecule has 2 aromatic rings. The van der Waals surface area contributed by atoms with Gasteiger partial charge in [-0.25, -0.2) is 9.97 Å². The predicted molar refractivity (Wildman–Crippen MR) is 108 cm³/mol. The van der Waals surface area contributed by atoms with E-state index >= 15 is 0 Å². The first kappa shape index (κ1) is 19.0. The maximum Gasteiger partial charge on any atom is 0.242 e. The summed E-state index contributed by atoms with van der Waals surface area (Å²) in [6.07, 6.45) is 3.52. The first-order valence-corrected chi connectivity index (χ1v) is 9.94. The molecule has 1 fully saturated rings. The first-order valence-electron chi connectivity index (χ1n) is 9.15. The third-order valence-electron chi connectivity index (χ3n) is 4.95. The number of anilines is 1. The van der Waals surface area contributed by atoms with E-state index in [1.54, 1.807) is 0 Å². The lowest BCUT2D eigenvalue weighted by molar-refractivity contribution is -0.122. The minimum Gasteiger partial charge on any atom is -0.358 e. The normalized spacial score (nSPS) is 17.4. The Morgan fingerprint density at radius 3 is 2.65 bits per heavy atom. The first-order chi connectivity index (χ1) is 12.4. The molecule has 1 saturated heterocycles. The molecule has 0 spiro atoms. The molecule has 1 aliphatic heterocycles. The van der Waals surface area contributed by atoms with Crippen LogP contribution in [0.25, 0.3) is 10.9 Å². The molecule has 0 saturated carbocycles. The molecule has 2 heterocycles. The molecule has 140 valence electrons. The molecular formula is C19H26BrN5O. The Balaban J connectivity index is 1.61. The van der Waals surface area contributed by atoms with Crippen molar-refractivity contribution in [3.8, 4) is 0 Å². The maximum absolute atomic E-state index is 12.6. The van der Waals surface area contributed by atoms with Gasteiger partial charge >= 0.3 is 0 Å². The summed E-state index contributed by atoms with van der Waals surface area (Å²) in [6.45, 7) is 8.37. The van der Waals surface area contributed by atoms with Crippen molar-refractivity contribution < 1.29 is 4.79 Å². The molecule has 0 aliphatic carbocycles. The van der Waals surface area contributed by atoms with Crippen LogP contribution in [-0.4, -0.2) is 52.0 Å². The van der Waals surface area contributed by atoms with Gasteiger partial charge in [-0.2, -0.15) is 0 Å². The fourth-order valence-electron chi connectivity index (χ4n) is 3.30. The lowest BCUT2D eigenvalue weighted by atomic mass is 10.0. The highest BCUT2D eigenvalue weighted by Gasteiger charge is 2.24. The van der Waals surface area contributed by atoms with E-state index in [1.807, 2.05) is 25.1 Å². The van der Waals surface area contributed by atoms with Crippen LogP contribution in [0.2, 0.25) is 0 Å². The van der Waals surface area contributed by atoms with E-state index < -0.39 is 0 Å². The van der Waals surface area contributed by atoms with Gasteiger partial charge in [0, 0.05) is 35.0 Å². The number of piperidine rings is 1. The van der Waals surface area contributed by atoms with Gasteiger partial charge in [0.05, 0.1) is 5.52 Å². The van der Waals surface area contributed by atoms with Crippen molar-refractivity contribution in [3.05, 3.63) is 29.0 Å². The molecular weight excluding hydrogens is 394 g/mol. The summed E-state index contributed by atoms with van der Waals surface area (Å²) in [5.41, 5.74) is 0.847. The van der Waals surface area contributed by atoms with Crippen molar-refractivity contribution in [2.75, 3.05) is 18.4 Å². The van der Waals surface area contributed by atoms with Gasteiger partial charge in [0.15, 0.2) is 0 Å². The number of nitrogens with one attached hydrogen (secondary N) is 2. The van der Waals surface area contributed by atoms with Crippen molar-refractivity contribution >= 4 is 38.6 Å². The third-order valence-corrected chi connectivity index (χ3v) is 5.44. The molecule has 1 aromatic carbocycles. The number of benzene rings is 1. The quantitative estimate of drug-likeness (QED) is 0.778. The maximum atomic E-state index is 12.6. The van der Waals surface area contributed by atoms with Crippen molar-refractivity contribution in [3.63, 3.8) is 0 Å². The number of carbonyl (C=O) groups is 1. The zero-order valence-electron chi connectivity index (χ0n) is 15.5. The topological polar surface area (TPSA) is 70.2 Å². The third kappa shape index (κ3) is 4.51. The van der Waals surface area contributed by atoms with Crippen LogP contribution in [0.15, 0.2) is 29.0 Å². The van der Waals surface area contributed by atoms with Crippen LogP contribution in [0.5, 0.6) is 0 Å². The molecule has 1 aromatic heterocycles. The van der Waals surface area contributed by atoms with Crippen LogP contribution >= 0.6 is 15.9 Å². The average molecular weight is 420 g/mol. The van der Waals surface area contributed by atoms with Crippen molar-refractivity contribution in [2.24, 2.45) is 0 Å². The van der Waals surface area contributed by atoms with E-state index in [-0.39, 0.29) is 18.0 Å². The molecule has 0 bridgehead atoms. The molecule has 3 rings (SSSR count). The second-order valence-electron chi connectivity index (χ2n) is 7.16.